The molecule has 1 N–H and O–H groups in total. The zero-order valence-corrected chi connectivity index (χ0v) is 14.7. The lowest BCUT2D eigenvalue weighted by Gasteiger charge is -2.13. The highest BCUT2D eigenvalue weighted by atomic mass is 32.2. The van der Waals surface area contributed by atoms with Gasteiger partial charge in [-0.25, -0.2) is 12.7 Å². The maximum Gasteiger partial charge on any atom is 0.271 e. The van der Waals surface area contributed by atoms with Crippen LogP contribution in [0.5, 0.6) is 0 Å². The Kier molecular flexibility index (Phi) is 5.19. The minimum Gasteiger partial charge on any atom is -0.321 e. The summed E-state index contributed by atoms with van der Waals surface area (Å²) in [5.41, 5.74) is 0.926. The molecule has 8 nitrogen and oxygen atoms in total. The van der Waals surface area contributed by atoms with E-state index in [1.807, 2.05) is 0 Å². The van der Waals surface area contributed by atoms with Gasteiger partial charge < -0.3 is 5.32 Å². The third kappa shape index (κ3) is 4.01. The van der Waals surface area contributed by atoms with E-state index >= 15 is 0 Å². The van der Waals surface area contributed by atoms with Crippen LogP contribution in [0, 0.1) is 17.0 Å². The van der Waals surface area contributed by atoms with E-state index in [0.29, 0.717) is 11.3 Å². The monoisotopic (exact) mass is 363 g/mol. The number of nitro benzene ring substituents is 1. The van der Waals surface area contributed by atoms with Gasteiger partial charge in [0.05, 0.1) is 15.5 Å². The number of non-ortho nitro benzene ring substituents is 1. The summed E-state index contributed by atoms with van der Waals surface area (Å²) < 4.78 is 25.4. The summed E-state index contributed by atoms with van der Waals surface area (Å²) in [6.07, 6.45) is 0. The number of carbonyl (C=O) groups excluding carboxylic acids is 1. The molecular weight excluding hydrogens is 346 g/mol. The molecule has 0 atom stereocenters. The predicted molar refractivity (Wildman–Crippen MR) is 93.1 cm³/mol. The Balaban J connectivity index is 2.34. The van der Waals surface area contributed by atoms with Crippen LogP contribution in [0.25, 0.3) is 0 Å². The summed E-state index contributed by atoms with van der Waals surface area (Å²) in [7, 11) is -0.873. The van der Waals surface area contributed by atoms with Crippen LogP contribution >= 0.6 is 0 Å². The summed E-state index contributed by atoms with van der Waals surface area (Å²) in [4.78, 5) is 22.7. The molecule has 0 bridgehead atoms. The number of nitrogens with one attached hydrogen (secondary N) is 1. The van der Waals surface area contributed by atoms with E-state index < -0.39 is 20.9 Å². The molecule has 0 spiro atoms. The van der Waals surface area contributed by atoms with Gasteiger partial charge in [0.25, 0.3) is 11.6 Å². The minimum absolute atomic E-state index is 0.0130. The largest absolute Gasteiger partial charge is 0.321 e. The summed E-state index contributed by atoms with van der Waals surface area (Å²) in [5.74, 6) is -0.556. The molecule has 0 heterocycles. The number of hydrogen-bond donors (Lipinski definition) is 1. The van der Waals surface area contributed by atoms with E-state index in [9.17, 15) is 23.3 Å². The number of rotatable bonds is 5. The van der Waals surface area contributed by atoms with E-state index in [-0.39, 0.29) is 16.1 Å². The molecule has 0 aliphatic heterocycles. The molecule has 0 aliphatic carbocycles. The van der Waals surface area contributed by atoms with Gasteiger partial charge in [0, 0.05) is 31.8 Å². The molecule has 25 heavy (non-hydrogen) atoms. The molecule has 0 aliphatic rings. The fourth-order valence-electron chi connectivity index (χ4n) is 2.06. The molecule has 0 radical (unpaired) electrons. The van der Waals surface area contributed by atoms with Crippen molar-refractivity contribution in [1.29, 1.82) is 0 Å². The molecule has 132 valence electrons. The molecular formula is C16H17N3O5S. The van der Waals surface area contributed by atoms with Gasteiger partial charge in [-0.15, -0.1) is 0 Å². The molecule has 2 rings (SSSR count). The van der Waals surface area contributed by atoms with E-state index in [4.69, 9.17) is 0 Å². The quantitative estimate of drug-likeness (QED) is 0.648. The van der Waals surface area contributed by atoms with E-state index in [2.05, 4.69) is 5.32 Å². The van der Waals surface area contributed by atoms with Crippen LogP contribution in [-0.2, 0) is 10.0 Å². The van der Waals surface area contributed by atoms with Gasteiger partial charge in [-0.05, 0) is 30.7 Å². The number of nitrogens with zero attached hydrogens (tertiary/aromatic N) is 2. The van der Waals surface area contributed by atoms with Gasteiger partial charge in [0.15, 0.2) is 0 Å². The molecule has 0 unspecified atom stereocenters. The Morgan fingerprint density at radius 2 is 1.84 bits per heavy atom. The number of aryl methyl sites for hydroxylation is 1. The predicted octanol–water partition coefficient (Wildman–Crippen LogP) is 2.41. The fourth-order valence-corrected chi connectivity index (χ4v) is 3.01. The van der Waals surface area contributed by atoms with Crippen LogP contribution in [-0.4, -0.2) is 37.6 Å². The smallest absolute Gasteiger partial charge is 0.271 e. The lowest BCUT2D eigenvalue weighted by atomic mass is 10.1. The average Bonchev–Trinajstić information content (AvgIpc) is 2.56. The highest BCUT2D eigenvalue weighted by Gasteiger charge is 2.19. The third-order valence-electron chi connectivity index (χ3n) is 3.55. The van der Waals surface area contributed by atoms with Crippen molar-refractivity contribution in [2.24, 2.45) is 0 Å². The minimum atomic E-state index is -3.67. The van der Waals surface area contributed by atoms with Gasteiger partial charge in [-0.1, -0.05) is 12.1 Å². The number of benzene rings is 2. The molecule has 1 amide bonds. The first kappa shape index (κ1) is 18.6. The van der Waals surface area contributed by atoms with E-state index in [0.717, 1.165) is 4.31 Å². The van der Waals surface area contributed by atoms with Crippen molar-refractivity contribution in [2.45, 2.75) is 11.8 Å². The summed E-state index contributed by atoms with van der Waals surface area (Å²) in [6.45, 7) is 1.70. The van der Waals surface area contributed by atoms with E-state index in [1.165, 1.54) is 56.6 Å². The maximum atomic E-state index is 12.4. The van der Waals surface area contributed by atoms with Crippen LogP contribution in [0.15, 0.2) is 47.4 Å². The van der Waals surface area contributed by atoms with Gasteiger partial charge in [-0.2, -0.15) is 0 Å². The van der Waals surface area contributed by atoms with Gasteiger partial charge in [0.2, 0.25) is 10.0 Å². The normalized spacial score (nSPS) is 11.4. The van der Waals surface area contributed by atoms with Crippen molar-refractivity contribution in [2.75, 3.05) is 19.4 Å². The fraction of sp³-hybridized carbons (Fsp3) is 0.188. The Bertz CT molecular complexity index is 939. The number of nitro groups is 1. The molecule has 0 fully saturated rings. The maximum absolute atomic E-state index is 12.4. The lowest BCUT2D eigenvalue weighted by Crippen LogP contribution is -2.22. The van der Waals surface area contributed by atoms with Crippen LogP contribution in [0.1, 0.15) is 15.9 Å². The second-order valence-electron chi connectivity index (χ2n) is 5.53. The SMILES string of the molecule is Cc1ccc([N+](=O)[O-])cc1NC(=O)c1cccc(S(=O)(=O)N(C)C)c1. The summed E-state index contributed by atoms with van der Waals surface area (Å²) in [5, 5.41) is 13.4. The molecule has 0 aromatic heterocycles. The second kappa shape index (κ2) is 6.99. The van der Waals surface area contributed by atoms with Crippen molar-refractivity contribution in [3.8, 4) is 0 Å². The highest BCUT2D eigenvalue weighted by molar-refractivity contribution is 7.89. The number of carbonyl (C=O) groups is 1. The first-order valence-electron chi connectivity index (χ1n) is 7.22. The Morgan fingerprint density at radius 1 is 1.16 bits per heavy atom. The van der Waals surface area contributed by atoms with Crippen molar-refractivity contribution in [3.63, 3.8) is 0 Å². The number of hydrogen-bond acceptors (Lipinski definition) is 5. The molecule has 0 saturated carbocycles. The Hall–Kier alpha value is -2.78. The summed E-state index contributed by atoms with van der Waals surface area (Å²) in [6, 6.07) is 9.72. The Labute approximate surface area is 145 Å². The van der Waals surface area contributed by atoms with Crippen LogP contribution in [0.2, 0.25) is 0 Å². The van der Waals surface area contributed by atoms with Crippen molar-refractivity contribution in [1.82, 2.24) is 4.31 Å². The van der Waals surface area contributed by atoms with Crippen molar-refractivity contribution < 1.29 is 18.1 Å². The average molecular weight is 363 g/mol. The van der Waals surface area contributed by atoms with Gasteiger partial charge >= 0.3 is 0 Å². The van der Waals surface area contributed by atoms with Crippen molar-refractivity contribution in [3.05, 3.63) is 63.7 Å². The topological polar surface area (TPSA) is 110 Å². The number of sulfonamides is 1. The van der Waals surface area contributed by atoms with Crippen molar-refractivity contribution >= 4 is 27.3 Å². The number of anilines is 1. The Morgan fingerprint density at radius 3 is 2.44 bits per heavy atom. The third-order valence-corrected chi connectivity index (χ3v) is 5.37. The zero-order chi connectivity index (χ0) is 18.8. The van der Waals surface area contributed by atoms with Crippen LogP contribution < -0.4 is 5.32 Å². The second-order valence-corrected chi connectivity index (χ2v) is 7.68. The highest BCUT2D eigenvalue weighted by Crippen LogP contribution is 2.23. The molecule has 2 aromatic carbocycles. The molecule has 0 saturated heterocycles. The summed E-state index contributed by atoms with van der Waals surface area (Å²) >= 11 is 0. The standard InChI is InChI=1S/C16H17N3O5S/c1-11-7-8-13(19(21)22)10-15(11)17-16(20)12-5-4-6-14(9-12)25(23,24)18(2)3/h4-10H,1-3H3,(H,17,20). The van der Waals surface area contributed by atoms with Crippen LogP contribution in [0.3, 0.4) is 0 Å². The van der Waals surface area contributed by atoms with E-state index in [1.54, 1.807) is 6.92 Å². The molecule has 9 heteroatoms. The van der Waals surface area contributed by atoms with Gasteiger partial charge in [-0.3, -0.25) is 14.9 Å². The number of amides is 1. The molecule has 2 aromatic rings. The lowest BCUT2D eigenvalue weighted by molar-refractivity contribution is -0.384. The van der Waals surface area contributed by atoms with Gasteiger partial charge in [0.1, 0.15) is 0 Å². The first-order chi connectivity index (χ1) is 11.6. The van der Waals surface area contributed by atoms with Crippen LogP contribution in [0.4, 0.5) is 11.4 Å². The zero-order valence-electron chi connectivity index (χ0n) is 13.9. The first-order valence-corrected chi connectivity index (χ1v) is 8.66.